The van der Waals surface area contributed by atoms with E-state index in [0.29, 0.717) is 16.4 Å². The van der Waals surface area contributed by atoms with Gasteiger partial charge < -0.3 is 10.4 Å². The number of rotatable bonds is 3. The Morgan fingerprint density at radius 3 is 2.61 bits per heavy atom. The molecule has 0 aliphatic rings. The molecule has 2 aromatic heterocycles. The molecule has 0 spiro atoms. The molecule has 0 unspecified atom stereocenters. The van der Waals surface area contributed by atoms with Gasteiger partial charge in [-0.1, -0.05) is 0 Å². The lowest BCUT2D eigenvalue weighted by Crippen LogP contribution is -2.13. The number of amides is 1. The quantitative estimate of drug-likeness (QED) is 0.880. The Hall–Kier alpha value is -2.28. The fourth-order valence-corrected chi connectivity index (χ4v) is 1.98. The van der Waals surface area contributed by atoms with Gasteiger partial charge >= 0.3 is 5.97 Å². The molecule has 7 heteroatoms. The van der Waals surface area contributed by atoms with E-state index in [1.165, 1.54) is 29.7 Å². The molecule has 0 saturated heterocycles. The summed E-state index contributed by atoms with van der Waals surface area (Å²) in [6, 6.07) is 2.82. The number of hydrogen-bond donors (Lipinski definition) is 2. The summed E-state index contributed by atoms with van der Waals surface area (Å²) in [6.45, 7) is 1.74. The second kappa shape index (κ2) is 4.92. The molecule has 2 aromatic rings. The van der Waals surface area contributed by atoms with Crippen molar-refractivity contribution in [2.24, 2.45) is 0 Å². The number of aryl methyl sites for hydroxylation is 1. The summed E-state index contributed by atoms with van der Waals surface area (Å²) in [5, 5.41) is 11.3. The number of nitrogens with zero attached hydrogens (tertiary/aromatic N) is 2. The van der Waals surface area contributed by atoms with Crippen molar-refractivity contribution in [2.75, 3.05) is 5.32 Å². The van der Waals surface area contributed by atoms with Crippen LogP contribution in [-0.2, 0) is 0 Å². The first-order chi connectivity index (χ1) is 8.58. The van der Waals surface area contributed by atoms with E-state index in [9.17, 15) is 9.59 Å². The summed E-state index contributed by atoms with van der Waals surface area (Å²) >= 11 is 1.24. The molecule has 0 aliphatic heterocycles. The molecule has 18 heavy (non-hydrogen) atoms. The van der Waals surface area contributed by atoms with Crippen LogP contribution >= 0.6 is 11.3 Å². The van der Waals surface area contributed by atoms with Crippen molar-refractivity contribution in [3.8, 4) is 0 Å². The number of carbonyl (C=O) groups excluding carboxylic acids is 1. The number of hydrogen-bond acceptors (Lipinski definition) is 5. The summed E-state index contributed by atoms with van der Waals surface area (Å²) in [6.07, 6.45) is 1.19. The van der Waals surface area contributed by atoms with Crippen LogP contribution in [0.25, 0.3) is 0 Å². The third-order valence-corrected chi connectivity index (χ3v) is 3.13. The van der Waals surface area contributed by atoms with Gasteiger partial charge in [0.25, 0.3) is 5.91 Å². The van der Waals surface area contributed by atoms with E-state index in [-0.39, 0.29) is 11.5 Å². The second-order valence-electron chi connectivity index (χ2n) is 3.46. The van der Waals surface area contributed by atoms with Crippen LogP contribution in [0.4, 0.5) is 5.82 Å². The smallest absolute Gasteiger partial charge is 0.337 e. The van der Waals surface area contributed by atoms with Gasteiger partial charge in [-0.25, -0.2) is 14.8 Å². The summed E-state index contributed by atoms with van der Waals surface area (Å²) in [4.78, 5) is 30.8. The van der Waals surface area contributed by atoms with Crippen molar-refractivity contribution < 1.29 is 14.7 Å². The van der Waals surface area contributed by atoms with Crippen LogP contribution in [0.1, 0.15) is 25.7 Å². The average Bonchev–Trinajstić information content (AvgIpc) is 2.76. The molecule has 1 amide bonds. The fraction of sp³-hybridized carbons (Fsp3) is 0.0909. The maximum Gasteiger partial charge on any atom is 0.337 e. The van der Waals surface area contributed by atoms with Crippen LogP contribution in [0, 0.1) is 6.92 Å². The number of nitrogens with one attached hydrogen (secondary N) is 1. The molecule has 2 heterocycles. The molecule has 0 saturated carbocycles. The van der Waals surface area contributed by atoms with Crippen molar-refractivity contribution in [2.45, 2.75) is 6.92 Å². The number of aromatic carboxylic acids is 1. The van der Waals surface area contributed by atoms with E-state index >= 15 is 0 Å². The van der Waals surface area contributed by atoms with Crippen molar-refractivity contribution in [3.05, 3.63) is 40.0 Å². The van der Waals surface area contributed by atoms with Gasteiger partial charge in [0, 0.05) is 6.20 Å². The van der Waals surface area contributed by atoms with Gasteiger partial charge in [0.15, 0.2) is 0 Å². The minimum absolute atomic E-state index is 0.0713. The van der Waals surface area contributed by atoms with E-state index in [4.69, 9.17) is 5.11 Å². The van der Waals surface area contributed by atoms with Crippen LogP contribution in [0.15, 0.2) is 23.8 Å². The topological polar surface area (TPSA) is 92.2 Å². The fourth-order valence-electron chi connectivity index (χ4n) is 1.29. The zero-order valence-corrected chi connectivity index (χ0v) is 10.2. The van der Waals surface area contributed by atoms with Crippen molar-refractivity contribution in [3.63, 3.8) is 0 Å². The van der Waals surface area contributed by atoms with Crippen LogP contribution in [-0.4, -0.2) is 27.0 Å². The molecule has 92 valence electrons. The van der Waals surface area contributed by atoms with E-state index < -0.39 is 5.97 Å². The highest BCUT2D eigenvalue weighted by Gasteiger charge is 2.12. The van der Waals surface area contributed by atoms with Crippen molar-refractivity contribution in [1.82, 2.24) is 9.97 Å². The minimum Gasteiger partial charge on any atom is -0.478 e. The zero-order valence-electron chi connectivity index (χ0n) is 9.38. The van der Waals surface area contributed by atoms with Gasteiger partial charge in [-0.3, -0.25) is 4.79 Å². The molecule has 0 atom stereocenters. The van der Waals surface area contributed by atoms with Gasteiger partial charge in [0.2, 0.25) is 0 Å². The number of thiazole rings is 1. The van der Waals surface area contributed by atoms with Crippen molar-refractivity contribution in [1.29, 1.82) is 0 Å². The molecule has 0 aliphatic carbocycles. The molecular weight excluding hydrogens is 254 g/mol. The molecule has 2 N–H and O–H groups in total. The largest absolute Gasteiger partial charge is 0.478 e. The number of carboxylic acid groups (broad SMARTS) is 1. The summed E-state index contributed by atoms with van der Waals surface area (Å²) in [5.41, 5.74) is 2.31. The summed E-state index contributed by atoms with van der Waals surface area (Å²) in [7, 11) is 0. The maximum atomic E-state index is 11.8. The lowest BCUT2D eigenvalue weighted by Gasteiger charge is -2.03. The normalized spacial score (nSPS) is 10.1. The summed E-state index contributed by atoms with van der Waals surface area (Å²) in [5.74, 6) is -1.05. The van der Waals surface area contributed by atoms with Crippen LogP contribution in [0.2, 0.25) is 0 Å². The van der Waals surface area contributed by atoms with Crippen LogP contribution < -0.4 is 5.32 Å². The zero-order chi connectivity index (χ0) is 13.1. The van der Waals surface area contributed by atoms with Crippen molar-refractivity contribution >= 4 is 29.0 Å². The third kappa shape index (κ3) is 2.51. The number of anilines is 1. The molecule has 0 radical (unpaired) electrons. The Morgan fingerprint density at radius 2 is 2.11 bits per heavy atom. The lowest BCUT2D eigenvalue weighted by molar-refractivity contribution is 0.0696. The standard InChI is InChI=1S/C11H9N3O3S/c1-6-9(18-5-13-6)10(15)14-8-3-2-7(4-12-8)11(16)17/h2-5H,1H3,(H,16,17)(H,12,14,15). The first-order valence-corrected chi connectivity index (χ1v) is 5.86. The van der Waals surface area contributed by atoms with E-state index in [2.05, 4.69) is 15.3 Å². The predicted octanol–water partition coefficient (Wildman–Crippen LogP) is 1.80. The molecule has 0 bridgehead atoms. The second-order valence-corrected chi connectivity index (χ2v) is 4.31. The monoisotopic (exact) mass is 263 g/mol. The first-order valence-electron chi connectivity index (χ1n) is 4.98. The Labute approximate surface area is 106 Å². The highest BCUT2D eigenvalue weighted by Crippen LogP contribution is 2.14. The van der Waals surface area contributed by atoms with Gasteiger partial charge in [0.05, 0.1) is 16.8 Å². The lowest BCUT2D eigenvalue weighted by atomic mass is 10.3. The van der Waals surface area contributed by atoms with Gasteiger partial charge in [-0.05, 0) is 19.1 Å². The van der Waals surface area contributed by atoms with Crippen LogP contribution in [0.5, 0.6) is 0 Å². The van der Waals surface area contributed by atoms with Crippen LogP contribution in [0.3, 0.4) is 0 Å². The first kappa shape index (κ1) is 12.2. The highest BCUT2D eigenvalue weighted by atomic mass is 32.1. The number of carbonyl (C=O) groups is 2. The molecule has 0 fully saturated rings. The Kier molecular flexibility index (Phi) is 3.33. The Balaban J connectivity index is 2.13. The molecular formula is C11H9N3O3S. The van der Waals surface area contributed by atoms with E-state index in [0.717, 1.165) is 0 Å². The third-order valence-electron chi connectivity index (χ3n) is 2.20. The molecule has 0 aromatic carbocycles. The SMILES string of the molecule is Cc1ncsc1C(=O)Nc1ccc(C(=O)O)cn1. The Morgan fingerprint density at radius 1 is 1.33 bits per heavy atom. The molecule has 6 nitrogen and oxygen atoms in total. The predicted molar refractivity (Wildman–Crippen MR) is 66.0 cm³/mol. The summed E-state index contributed by atoms with van der Waals surface area (Å²) < 4.78 is 0. The van der Waals surface area contributed by atoms with Gasteiger partial charge in [-0.15, -0.1) is 11.3 Å². The number of pyridine rings is 1. The van der Waals surface area contributed by atoms with E-state index in [1.807, 2.05) is 0 Å². The number of carboxylic acids is 1. The minimum atomic E-state index is -1.06. The average molecular weight is 263 g/mol. The molecule has 2 rings (SSSR count). The highest BCUT2D eigenvalue weighted by molar-refractivity contribution is 7.12. The maximum absolute atomic E-state index is 11.8. The van der Waals surface area contributed by atoms with Gasteiger partial charge in [0.1, 0.15) is 10.7 Å². The van der Waals surface area contributed by atoms with Gasteiger partial charge in [-0.2, -0.15) is 0 Å². The van der Waals surface area contributed by atoms with E-state index in [1.54, 1.807) is 12.4 Å². The Bertz CT molecular complexity index is 592. The number of aromatic nitrogens is 2.